The van der Waals surface area contributed by atoms with Crippen molar-refractivity contribution < 1.29 is 4.79 Å². The zero-order valence-corrected chi connectivity index (χ0v) is 9.81. The quantitative estimate of drug-likeness (QED) is 0.768. The molecule has 16 heavy (non-hydrogen) atoms. The van der Waals surface area contributed by atoms with Crippen molar-refractivity contribution in [1.29, 1.82) is 0 Å². The lowest BCUT2D eigenvalue weighted by Crippen LogP contribution is -2.44. The molecule has 86 valence electrons. The second-order valence-electron chi connectivity index (χ2n) is 4.66. The van der Waals surface area contributed by atoms with Gasteiger partial charge in [-0.1, -0.05) is 31.2 Å². The Morgan fingerprint density at radius 1 is 1.44 bits per heavy atom. The first-order valence-electron chi connectivity index (χ1n) is 5.67. The molecule has 1 aliphatic heterocycles. The summed E-state index contributed by atoms with van der Waals surface area (Å²) in [5, 5.41) is 0. The van der Waals surface area contributed by atoms with E-state index in [-0.39, 0.29) is 11.9 Å². The number of hydrogen-bond donors (Lipinski definition) is 1. The third-order valence-electron chi connectivity index (χ3n) is 3.42. The lowest BCUT2D eigenvalue weighted by molar-refractivity contribution is -0.122. The number of carbonyl (C=O) groups excluding carboxylic acids is 1. The number of fused-ring (bicyclic) bond motifs is 1. The highest BCUT2D eigenvalue weighted by molar-refractivity contribution is 5.80. The summed E-state index contributed by atoms with van der Waals surface area (Å²) in [6.07, 6.45) is 0.729. The van der Waals surface area contributed by atoms with Crippen LogP contribution in [0.15, 0.2) is 24.3 Å². The number of nitrogens with zero attached hydrogens (tertiary/aromatic N) is 1. The Balaban J connectivity index is 2.39. The molecule has 2 atom stereocenters. The maximum absolute atomic E-state index is 11.4. The minimum absolute atomic E-state index is 0.175. The van der Waals surface area contributed by atoms with E-state index < -0.39 is 0 Å². The van der Waals surface area contributed by atoms with E-state index in [0.717, 1.165) is 13.0 Å². The average molecular weight is 218 g/mol. The fourth-order valence-electron chi connectivity index (χ4n) is 2.54. The summed E-state index contributed by atoms with van der Waals surface area (Å²) in [5.74, 6) is 0.219. The van der Waals surface area contributed by atoms with E-state index in [1.807, 2.05) is 13.1 Å². The average Bonchev–Trinajstić information content (AvgIpc) is 2.37. The monoisotopic (exact) mass is 218 g/mol. The molecule has 0 bridgehead atoms. The molecule has 1 aromatic carbocycles. The number of likely N-dealkylation sites (N-methyl/N-ethyl adjacent to an activating group) is 1. The highest BCUT2D eigenvalue weighted by Gasteiger charge is 2.28. The number of benzene rings is 1. The molecule has 3 heteroatoms. The molecule has 1 amide bonds. The number of carbonyl (C=O) groups is 1. The number of amides is 1. The summed E-state index contributed by atoms with van der Waals surface area (Å²) in [5.41, 5.74) is 8.05. The molecular formula is C13H18N2O. The van der Waals surface area contributed by atoms with E-state index in [9.17, 15) is 4.79 Å². The zero-order chi connectivity index (χ0) is 11.7. The molecule has 1 aromatic rings. The summed E-state index contributed by atoms with van der Waals surface area (Å²) >= 11 is 0. The predicted octanol–water partition coefficient (Wildman–Crippen LogP) is 1.13. The van der Waals surface area contributed by atoms with Gasteiger partial charge in [0, 0.05) is 6.54 Å². The minimum Gasteiger partial charge on any atom is -0.368 e. The van der Waals surface area contributed by atoms with Crippen LogP contribution in [-0.4, -0.2) is 30.4 Å². The van der Waals surface area contributed by atoms with E-state index in [1.165, 1.54) is 11.1 Å². The Labute approximate surface area is 96.2 Å². The van der Waals surface area contributed by atoms with E-state index in [0.29, 0.717) is 5.92 Å². The number of hydrogen-bond acceptors (Lipinski definition) is 2. The van der Waals surface area contributed by atoms with Crippen LogP contribution in [0.4, 0.5) is 0 Å². The number of primary amides is 1. The SMILES string of the molecule is C[C@@H]1CN(C)C(C(N)=O)Cc2ccccc21. The van der Waals surface area contributed by atoms with E-state index in [2.05, 4.69) is 30.0 Å². The summed E-state index contributed by atoms with van der Waals surface area (Å²) < 4.78 is 0. The van der Waals surface area contributed by atoms with Crippen molar-refractivity contribution >= 4 is 5.91 Å². The maximum atomic E-state index is 11.4. The molecule has 3 nitrogen and oxygen atoms in total. The fraction of sp³-hybridized carbons (Fsp3) is 0.462. The Kier molecular flexibility index (Phi) is 2.97. The second kappa shape index (κ2) is 4.26. The summed E-state index contributed by atoms with van der Waals surface area (Å²) in [6, 6.07) is 8.15. The second-order valence-corrected chi connectivity index (χ2v) is 4.66. The van der Waals surface area contributed by atoms with Gasteiger partial charge in [-0.25, -0.2) is 0 Å². The Bertz CT molecular complexity index is 403. The van der Waals surface area contributed by atoms with Gasteiger partial charge in [0.1, 0.15) is 0 Å². The molecule has 0 spiro atoms. The largest absolute Gasteiger partial charge is 0.368 e. The van der Waals surface area contributed by atoms with Crippen LogP contribution in [0, 0.1) is 0 Å². The van der Waals surface area contributed by atoms with Gasteiger partial charge in [-0.15, -0.1) is 0 Å². The molecule has 0 saturated heterocycles. The van der Waals surface area contributed by atoms with Crippen molar-refractivity contribution in [2.24, 2.45) is 5.73 Å². The van der Waals surface area contributed by atoms with Gasteiger partial charge >= 0.3 is 0 Å². The van der Waals surface area contributed by atoms with Crippen molar-refractivity contribution in [2.75, 3.05) is 13.6 Å². The molecule has 0 saturated carbocycles. The Morgan fingerprint density at radius 3 is 2.81 bits per heavy atom. The Hall–Kier alpha value is -1.35. The molecule has 2 N–H and O–H groups in total. The predicted molar refractivity (Wildman–Crippen MR) is 64.2 cm³/mol. The minimum atomic E-state index is -0.230. The van der Waals surface area contributed by atoms with Gasteiger partial charge in [0.2, 0.25) is 5.91 Å². The van der Waals surface area contributed by atoms with Crippen molar-refractivity contribution in [2.45, 2.75) is 25.3 Å². The van der Waals surface area contributed by atoms with Gasteiger partial charge in [0.05, 0.1) is 6.04 Å². The van der Waals surface area contributed by atoms with Crippen LogP contribution in [0.1, 0.15) is 24.0 Å². The van der Waals surface area contributed by atoms with Crippen molar-refractivity contribution in [3.63, 3.8) is 0 Å². The van der Waals surface area contributed by atoms with Crippen LogP contribution in [0.3, 0.4) is 0 Å². The molecule has 1 heterocycles. The topological polar surface area (TPSA) is 46.3 Å². The lowest BCUT2D eigenvalue weighted by Gasteiger charge is -2.23. The number of rotatable bonds is 1. The van der Waals surface area contributed by atoms with Crippen LogP contribution < -0.4 is 5.73 Å². The Morgan fingerprint density at radius 2 is 2.12 bits per heavy atom. The van der Waals surface area contributed by atoms with Gasteiger partial charge < -0.3 is 5.73 Å². The molecule has 1 unspecified atom stereocenters. The zero-order valence-electron chi connectivity index (χ0n) is 9.81. The van der Waals surface area contributed by atoms with E-state index >= 15 is 0 Å². The van der Waals surface area contributed by atoms with Gasteiger partial charge in [0.15, 0.2) is 0 Å². The first-order chi connectivity index (χ1) is 7.59. The highest BCUT2D eigenvalue weighted by Crippen LogP contribution is 2.26. The maximum Gasteiger partial charge on any atom is 0.235 e. The molecule has 0 fully saturated rings. The molecule has 1 aliphatic rings. The first-order valence-corrected chi connectivity index (χ1v) is 5.67. The molecule has 2 rings (SSSR count). The summed E-state index contributed by atoms with van der Waals surface area (Å²) in [7, 11) is 1.97. The smallest absolute Gasteiger partial charge is 0.235 e. The fourth-order valence-corrected chi connectivity index (χ4v) is 2.54. The van der Waals surface area contributed by atoms with Crippen LogP contribution in [0.5, 0.6) is 0 Å². The number of nitrogens with two attached hydrogens (primary N) is 1. The van der Waals surface area contributed by atoms with Gasteiger partial charge in [0.25, 0.3) is 0 Å². The van der Waals surface area contributed by atoms with Crippen LogP contribution in [0.2, 0.25) is 0 Å². The molecule has 0 aromatic heterocycles. The van der Waals surface area contributed by atoms with Crippen LogP contribution in [0.25, 0.3) is 0 Å². The molecule has 0 aliphatic carbocycles. The van der Waals surface area contributed by atoms with Crippen LogP contribution in [-0.2, 0) is 11.2 Å². The van der Waals surface area contributed by atoms with Gasteiger partial charge in [-0.05, 0) is 30.5 Å². The molecular weight excluding hydrogens is 200 g/mol. The summed E-state index contributed by atoms with van der Waals surface area (Å²) in [4.78, 5) is 13.5. The summed E-state index contributed by atoms with van der Waals surface area (Å²) in [6.45, 7) is 3.07. The molecule has 0 radical (unpaired) electrons. The third kappa shape index (κ3) is 1.95. The van der Waals surface area contributed by atoms with Gasteiger partial charge in [-0.2, -0.15) is 0 Å². The highest BCUT2D eigenvalue weighted by atomic mass is 16.1. The first kappa shape index (κ1) is 11.1. The van der Waals surface area contributed by atoms with Crippen molar-refractivity contribution in [3.05, 3.63) is 35.4 Å². The van der Waals surface area contributed by atoms with Crippen LogP contribution >= 0.6 is 0 Å². The van der Waals surface area contributed by atoms with E-state index in [4.69, 9.17) is 5.73 Å². The lowest BCUT2D eigenvalue weighted by atomic mass is 9.94. The van der Waals surface area contributed by atoms with E-state index in [1.54, 1.807) is 0 Å². The van der Waals surface area contributed by atoms with Crippen molar-refractivity contribution in [3.8, 4) is 0 Å². The van der Waals surface area contributed by atoms with Gasteiger partial charge in [-0.3, -0.25) is 9.69 Å². The van der Waals surface area contributed by atoms with Crippen molar-refractivity contribution in [1.82, 2.24) is 4.90 Å². The standard InChI is InChI=1S/C13H18N2O/c1-9-8-15(2)12(13(14)16)7-10-5-3-4-6-11(9)10/h3-6,9,12H,7-8H2,1-2H3,(H2,14,16)/t9-,12?/m1/s1. The normalized spacial score (nSPS) is 25.9. The third-order valence-corrected chi connectivity index (χ3v) is 3.42.